The number of sulfonamides is 1. The second-order valence-corrected chi connectivity index (χ2v) is 7.63. The monoisotopic (exact) mass is 311 g/mol. The van der Waals surface area contributed by atoms with Gasteiger partial charge in [-0.15, -0.1) is 0 Å². The molecule has 1 aromatic rings. The summed E-state index contributed by atoms with van der Waals surface area (Å²) < 4.78 is 26.8. The minimum Gasteiger partial charge on any atom is -0.316 e. The third-order valence-corrected chi connectivity index (χ3v) is 5.64. The SMILES string of the molecule is CNCc1cccc(CS(=O)(=O)N2CCCN(C)CC2)c1. The van der Waals surface area contributed by atoms with Crippen molar-refractivity contribution in [2.45, 2.75) is 18.7 Å². The van der Waals surface area contributed by atoms with Gasteiger partial charge in [-0.3, -0.25) is 0 Å². The molecule has 0 spiro atoms. The number of nitrogens with one attached hydrogen (secondary N) is 1. The van der Waals surface area contributed by atoms with Crippen LogP contribution >= 0.6 is 0 Å². The summed E-state index contributed by atoms with van der Waals surface area (Å²) in [4.78, 5) is 2.18. The Kier molecular flexibility index (Phi) is 5.75. The van der Waals surface area contributed by atoms with Crippen LogP contribution in [-0.2, 0) is 22.3 Å². The predicted molar refractivity (Wildman–Crippen MR) is 85.5 cm³/mol. The molecule has 1 heterocycles. The first kappa shape index (κ1) is 16.4. The van der Waals surface area contributed by atoms with Gasteiger partial charge in [0.1, 0.15) is 0 Å². The van der Waals surface area contributed by atoms with Crippen molar-refractivity contribution in [2.75, 3.05) is 40.3 Å². The lowest BCUT2D eigenvalue weighted by molar-refractivity contribution is 0.347. The van der Waals surface area contributed by atoms with E-state index in [1.54, 1.807) is 4.31 Å². The maximum absolute atomic E-state index is 12.6. The molecule has 0 aromatic heterocycles. The summed E-state index contributed by atoms with van der Waals surface area (Å²) >= 11 is 0. The molecule has 1 N–H and O–H groups in total. The van der Waals surface area contributed by atoms with Gasteiger partial charge < -0.3 is 10.2 Å². The fourth-order valence-electron chi connectivity index (χ4n) is 2.64. The Morgan fingerprint density at radius 1 is 1.14 bits per heavy atom. The number of likely N-dealkylation sites (N-methyl/N-ethyl adjacent to an activating group) is 1. The molecule has 5 nitrogen and oxygen atoms in total. The molecule has 1 aliphatic rings. The van der Waals surface area contributed by atoms with Crippen LogP contribution in [0.1, 0.15) is 17.5 Å². The average Bonchev–Trinajstić information content (AvgIpc) is 2.64. The summed E-state index contributed by atoms with van der Waals surface area (Å²) in [5, 5.41) is 3.09. The smallest absolute Gasteiger partial charge is 0.218 e. The fourth-order valence-corrected chi connectivity index (χ4v) is 4.19. The number of hydrogen-bond acceptors (Lipinski definition) is 4. The summed E-state index contributed by atoms with van der Waals surface area (Å²) in [7, 11) is 0.696. The van der Waals surface area contributed by atoms with Crippen molar-refractivity contribution < 1.29 is 8.42 Å². The molecular weight excluding hydrogens is 286 g/mol. The van der Waals surface area contributed by atoms with Crippen LogP contribution in [-0.4, -0.2) is 57.9 Å². The zero-order chi connectivity index (χ0) is 15.3. The molecule has 1 aromatic carbocycles. The van der Waals surface area contributed by atoms with Crippen LogP contribution in [0.5, 0.6) is 0 Å². The van der Waals surface area contributed by atoms with Gasteiger partial charge in [-0.25, -0.2) is 12.7 Å². The summed E-state index contributed by atoms with van der Waals surface area (Å²) in [5.41, 5.74) is 1.97. The Bertz CT molecular complexity index is 560. The van der Waals surface area contributed by atoms with Crippen LogP contribution in [0.25, 0.3) is 0 Å². The van der Waals surface area contributed by atoms with E-state index in [1.165, 1.54) is 0 Å². The normalized spacial score (nSPS) is 18.6. The highest BCUT2D eigenvalue weighted by Crippen LogP contribution is 2.15. The zero-order valence-corrected chi connectivity index (χ0v) is 13.7. The highest BCUT2D eigenvalue weighted by molar-refractivity contribution is 7.88. The Labute approximate surface area is 128 Å². The van der Waals surface area contributed by atoms with Crippen LogP contribution in [0.2, 0.25) is 0 Å². The lowest BCUT2D eigenvalue weighted by Gasteiger charge is -2.20. The van der Waals surface area contributed by atoms with Crippen LogP contribution in [0.3, 0.4) is 0 Å². The number of hydrogen-bond donors (Lipinski definition) is 1. The van der Waals surface area contributed by atoms with Crippen molar-refractivity contribution in [1.29, 1.82) is 0 Å². The molecule has 0 atom stereocenters. The summed E-state index contributed by atoms with van der Waals surface area (Å²) in [5.74, 6) is 0.0915. The molecule has 1 aliphatic heterocycles. The van der Waals surface area contributed by atoms with Crippen molar-refractivity contribution in [1.82, 2.24) is 14.5 Å². The second kappa shape index (κ2) is 7.35. The van der Waals surface area contributed by atoms with Crippen LogP contribution in [0, 0.1) is 0 Å². The van der Waals surface area contributed by atoms with E-state index in [9.17, 15) is 8.42 Å². The predicted octanol–water partition coefficient (Wildman–Crippen LogP) is 0.873. The van der Waals surface area contributed by atoms with Crippen molar-refractivity contribution in [3.63, 3.8) is 0 Å². The van der Waals surface area contributed by atoms with Crippen LogP contribution in [0.4, 0.5) is 0 Å². The van der Waals surface area contributed by atoms with E-state index < -0.39 is 10.0 Å². The topological polar surface area (TPSA) is 52.7 Å². The number of benzene rings is 1. The fraction of sp³-hybridized carbons (Fsp3) is 0.600. The van der Waals surface area contributed by atoms with Crippen molar-refractivity contribution >= 4 is 10.0 Å². The molecule has 118 valence electrons. The summed E-state index contributed by atoms with van der Waals surface area (Å²) in [6, 6.07) is 7.79. The van der Waals surface area contributed by atoms with E-state index in [1.807, 2.05) is 38.4 Å². The molecule has 0 amide bonds. The van der Waals surface area contributed by atoms with E-state index >= 15 is 0 Å². The molecular formula is C15H25N3O2S. The van der Waals surface area contributed by atoms with Gasteiger partial charge in [0.15, 0.2) is 0 Å². The molecule has 0 saturated carbocycles. The minimum absolute atomic E-state index is 0.0915. The third kappa shape index (κ3) is 4.78. The number of rotatable bonds is 5. The molecule has 0 radical (unpaired) electrons. The van der Waals surface area contributed by atoms with Crippen molar-refractivity contribution in [3.8, 4) is 0 Å². The zero-order valence-electron chi connectivity index (χ0n) is 12.9. The Balaban J connectivity index is 2.07. The molecule has 6 heteroatoms. The first-order valence-corrected chi connectivity index (χ1v) is 9.01. The molecule has 2 rings (SSSR count). The first-order valence-electron chi connectivity index (χ1n) is 7.40. The van der Waals surface area contributed by atoms with Crippen molar-refractivity contribution in [2.24, 2.45) is 0 Å². The van der Waals surface area contributed by atoms with E-state index in [2.05, 4.69) is 10.2 Å². The number of nitrogens with zero attached hydrogens (tertiary/aromatic N) is 2. The molecule has 0 bridgehead atoms. The lowest BCUT2D eigenvalue weighted by Crippen LogP contribution is -2.35. The maximum atomic E-state index is 12.6. The van der Waals surface area contributed by atoms with Gasteiger partial charge in [0.25, 0.3) is 0 Å². The standard InChI is InChI=1S/C15H25N3O2S/c1-16-12-14-5-3-6-15(11-14)13-21(19,20)18-8-4-7-17(2)9-10-18/h3,5-6,11,16H,4,7-10,12-13H2,1-2H3. The van der Waals surface area contributed by atoms with Gasteiger partial charge in [-0.2, -0.15) is 0 Å². The quantitative estimate of drug-likeness (QED) is 0.877. The van der Waals surface area contributed by atoms with Gasteiger partial charge in [0.2, 0.25) is 10.0 Å². The first-order chi connectivity index (χ1) is 10.0. The summed E-state index contributed by atoms with van der Waals surface area (Å²) in [6.07, 6.45) is 0.898. The Hall–Kier alpha value is -0.950. The molecule has 21 heavy (non-hydrogen) atoms. The minimum atomic E-state index is -3.23. The molecule has 0 aliphatic carbocycles. The molecule has 0 unspecified atom stereocenters. The Morgan fingerprint density at radius 3 is 2.67 bits per heavy atom. The van der Waals surface area contributed by atoms with E-state index in [4.69, 9.17) is 0 Å². The molecule has 1 saturated heterocycles. The van der Waals surface area contributed by atoms with E-state index in [0.29, 0.717) is 13.1 Å². The van der Waals surface area contributed by atoms with Gasteiger partial charge in [0.05, 0.1) is 5.75 Å². The second-order valence-electron chi connectivity index (χ2n) is 5.66. The highest BCUT2D eigenvalue weighted by Gasteiger charge is 2.24. The highest BCUT2D eigenvalue weighted by atomic mass is 32.2. The Morgan fingerprint density at radius 2 is 1.90 bits per heavy atom. The maximum Gasteiger partial charge on any atom is 0.218 e. The van der Waals surface area contributed by atoms with E-state index in [0.717, 1.165) is 37.2 Å². The van der Waals surface area contributed by atoms with Crippen LogP contribution in [0.15, 0.2) is 24.3 Å². The average molecular weight is 311 g/mol. The summed E-state index contributed by atoms with van der Waals surface area (Å²) in [6.45, 7) is 3.74. The van der Waals surface area contributed by atoms with Gasteiger partial charge in [-0.05, 0) is 38.2 Å². The third-order valence-electron chi connectivity index (χ3n) is 3.79. The largest absolute Gasteiger partial charge is 0.316 e. The molecule has 1 fully saturated rings. The lowest BCUT2D eigenvalue weighted by atomic mass is 10.1. The van der Waals surface area contributed by atoms with E-state index in [-0.39, 0.29) is 5.75 Å². The van der Waals surface area contributed by atoms with Gasteiger partial charge >= 0.3 is 0 Å². The van der Waals surface area contributed by atoms with Crippen LogP contribution < -0.4 is 5.32 Å². The van der Waals surface area contributed by atoms with Crippen molar-refractivity contribution in [3.05, 3.63) is 35.4 Å². The van der Waals surface area contributed by atoms with Gasteiger partial charge in [0, 0.05) is 26.2 Å². The van der Waals surface area contributed by atoms with Gasteiger partial charge in [-0.1, -0.05) is 24.3 Å².